The summed E-state index contributed by atoms with van der Waals surface area (Å²) in [7, 11) is 0. The zero-order chi connectivity index (χ0) is 17.2. The lowest BCUT2D eigenvalue weighted by Crippen LogP contribution is -2.37. The summed E-state index contributed by atoms with van der Waals surface area (Å²) in [4.78, 5) is 15.4. The van der Waals surface area contributed by atoms with Crippen LogP contribution in [0.25, 0.3) is 0 Å². The Morgan fingerprint density at radius 1 is 1.36 bits per heavy atom. The van der Waals surface area contributed by atoms with Crippen molar-refractivity contribution in [1.82, 2.24) is 10.4 Å². The molecule has 4 aliphatic rings. The molecule has 1 aromatic rings. The second-order valence-corrected chi connectivity index (χ2v) is 8.02. The molecule has 7 heteroatoms. The van der Waals surface area contributed by atoms with Gasteiger partial charge < -0.3 is 10.5 Å². The SMILES string of the molecule is NC(=O)c1ccc(N2C=CC(OCCC3C4(CC4)C34CC4)N2)nc1Cl. The van der Waals surface area contributed by atoms with E-state index in [1.165, 1.54) is 32.1 Å². The van der Waals surface area contributed by atoms with E-state index in [4.69, 9.17) is 22.1 Å². The monoisotopic (exact) mass is 360 g/mol. The largest absolute Gasteiger partial charge is 0.366 e. The summed E-state index contributed by atoms with van der Waals surface area (Å²) >= 11 is 6.01. The van der Waals surface area contributed by atoms with Crippen molar-refractivity contribution in [2.45, 2.75) is 38.3 Å². The highest BCUT2D eigenvalue weighted by Crippen LogP contribution is 2.93. The van der Waals surface area contributed by atoms with Gasteiger partial charge in [0.25, 0.3) is 5.91 Å². The Morgan fingerprint density at radius 2 is 2.08 bits per heavy atom. The van der Waals surface area contributed by atoms with E-state index in [0.29, 0.717) is 5.82 Å². The first-order chi connectivity index (χ1) is 12.1. The second-order valence-electron chi connectivity index (χ2n) is 7.66. The summed E-state index contributed by atoms with van der Waals surface area (Å²) in [5, 5.41) is 1.84. The van der Waals surface area contributed by atoms with E-state index in [9.17, 15) is 4.79 Å². The van der Waals surface area contributed by atoms with Crippen LogP contribution in [0.15, 0.2) is 24.4 Å². The number of aromatic nitrogens is 1. The zero-order valence-electron chi connectivity index (χ0n) is 13.9. The van der Waals surface area contributed by atoms with E-state index in [1.54, 1.807) is 17.1 Å². The Morgan fingerprint density at radius 3 is 2.68 bits per heavy atom. The summed E-state index contributed by atoms with van der Waals surface area (Å²) in [5.41, 5.74) is 10.2. The Labute approximate surface area is 151 Å². The van der Waals surface area contributed by atoms with Gasteiger partial charge in [0, 0.05) is 12.8 Å². The van der Waals surface area contributed by atoms with Crippen molar-refractivity contribution in [3.05, 3.63) is 35.1 Å². The number of nitrogens with two attached hydrogens (primary N) is 1. The molecular weight excluding hydrogens is 340 g/mol. The Kier molecular flexibility index (Phi) is 3.24. The molecule has 0 saturated heterocycles. The van der Waals surface area contributed by atoms with Gasteiger partial charge in [-0.2, -0.15) is 5.43 Å². The number of primary amides is 1. The van der Waals surface area contributed by atoms with E-state index in [-0.39, 0.29) is 16.9 Å². The number of fused-ring (bicyclic) bond motifs is 1. The molecule has 1 amide bonds. The number of carbonyl (C=O) groups is 1. The van der Waals surface area contributed by atoms with Crippen LogP contribution in [-0.2, 0) is 4.74 Å². The minimum absolute atomic E-state index is 0.0998. The van der Waals surface area contributed by atoms with Crippen molar-refractivity contribution in [3.63, 3.8) is 0 Å². The van der Waals surface area contributed by atoms with Crippen molar-refractivity contribution in [2.24, 2.45) is 22.5 Å². The standard InChI is InChI=1S/C18H21ClN4O2/c19-15-11(16(20)24)1-2-13(21-15)23-9-3-14(22-23)25-10-4-12-17(5-6-17)18(12)7-8-18/h1-3,9,12,14,22H,4-8,10H2,(H2,20,24). The number of anilines is 1. The molecule has 0 aromatic carbocycles. The number of pyridine rings is 1. The highest BCUT2D eigenvalue weighted by atomic mass is 35.5. The van der Waals surface area contributed by atoms with Crippen LogP contribution >= 0.6 is 11.6 Å². The first-order valence-electron chi connectivity index (χ1n) is 8.87. The molecule has 3 saturated carbocycles. The molecule has 0 radical (unpaired) electrons. The molecular formula is C18H21ClN4O2. The van der Waals surface area contributed by atoms with Crippen molar-refractivity contribution < 1.29 is 9.53 Å². The van der Waals surface area contributed by atoms with Gasteiger partial charge in [0.05, 0.1) is 5.56 Å². The second kappa shape index (κ2) is 5.19. The molecule has 1 atom stereocenters. The maximum atomic E-state index is 11.2. The van der Waals surface area contributed by atoms with Crippen molar-refractivity contribution in [1.29, 1.82) is 0 Å². The fourth-order valence-electron chi connectivity index (χ4n) is 5.03. The van der Waals surface area contributed by atoms with Gasteiger partial charge in [0.15, 0.2) is 0 Å². The third-order valence-electron chi connectivity index (χ3n) is 6.55. The maximum absolute atomic E-state index is 11.2. The van der Waals surface area contributed by atoms with Gasteiger partial charge in [-0.3, -0.25) is 9.80 Å². The van der Waals surface area contributed by atoms with Crippen LogP contribution in [0.2, 0.25) is 5.15 Å². The molecule has 5 rings (SSSR count). The van der Waals surface area contributed by atoms with E-state index in [1.807, 2.05) is 12.3 Å². The average molecular weight is 361 g/mol. The van der Waals surface area contributed by atoms with Gasteiger partial charge in [-0.25, -0.2) is 4.98 Å². The van der Waals surface area contributed by atoms with Crippen LogP contribution in [0.4, 0.5) is 5.82 Å². The lowest BCUT2D eigenvalue weighted by Gasteiger charge is -2.19. The summed E-state index contributed by atoms with van der Waals surface area (Å²) in [6, 6.07) is 3.28. The first kappa shape index (κ1) is 15.6. The number of amides is 1. The van der Waals surface area contributed by atoms with Crippen LogP contribution in [0.5, 0.6) is 0 Å². The van der Waals surface area contributed by atoms with Crippen LogP contribution in [0.3, 0.4) is 0 Å². The highest BCUT2D eigenvalue weighted by molar-refractivity contribution is 6.32. The molecule has 6 nitrogen and oxygen atoms in total. The summed E-state index contributed by atoms with van der Waals surface area (Å²) in [6.07, 6.45) is 10.6. The Bertz CT molecular complexity index is 754. The molecule has 2 heterocycles. The number of ether oxygens (including phenoxy) is 1. The van der Waals surface area contributed by atoms with E-state index >= 15 is 0 Å². The lowest BCUT2D eigenvalue weighted by atomic mass is 10.2. The molecule has 0 bridgehead atoms. The number of carbonyl (C=O) groups excluding carboxylic acids is 1. The van der Waals surface area contributed by atoms with Gasteiger partial charge in [-0.05, 0) is 67.1 Å². The van der Waals surface area contributed by atoms with Crippen molar-refractivity contribution >= 4 is 23.3 Å². The number of hydrogen-bond donors (Lipinski definition) is 2. The molecule has 1 aromatic heterocycles. The zero-order valence-corrected chi connectivity index (χ0v) is 14.6. The normalized spacial score (nSPS) is 27.2. The molecule has 2 spiro atoms. The van der Waals surface area contributed by atoms with Gasteiger partial charge >= 0.3 is 0 Å². The molecule has 3 aliphatic carbocycles. The number of hydrogen-bond acceptors (Lipinski definition) is 5. The minimum Gasteiger partial charge on any atom is -0.366 e. The van der Waals surface area contributed by atoms with Gasteiger partial charge in [0.1, 0.15) is 17.2 Å². The number of nitrogens with one attached hydrogen (secondary N) is 1. The van der Waals surface area contributed by atoms with Crippen molar-refractivity contribution in [3.8, 4) is 0 Å². The molecule has 1 aliphatic heterocycles. The number of nitrogens with zero attached hydrogens (tertiary/aromatic N) is 2. The lowest BCUT2D eigenvalue weighted by molar-refractivity contribution is 0.0624. The highest BCUT2D eigenvalue weighted by Gasteiger charge is 2.85. The van der Waals surface area contributed by atoms with Crippen LogP contribution in [0, 0.1) is 16.7 Å². The van der Waals surface area contributed by atoms with E-state index in [2.05, 4.69) is 10.4 Å². The smallest absolute Gasteiger partial charge is 0.251 e. The average Bonchev–Trinajstić information content (AvgIpc) is 3.53. The fourth-order valence-corrected chi connectivity index (χ4v) is 5.28. The van der Waals surface area contributed by atoms with Crippen molar-refractivity contribution in [2.75, 3.05) is 11.6 Å². The summed E-state index contributed by atoms with van der Waals surface area (Å²) in [5.74, 6) is 0.911. The van der Waals surface area contributed by atoms with Gasteiger partial charge in [-0.1, -0.05) is 11.6 Å². The molecule has 3 N–H and O–H groups in total. The predicted molar refractivity (Wildman–Crippen MR) is 93.7 cm³/mol. The van der Waals surface area contributed by atoms with Gasteiger partial charge in [0.2, 0.25) is 0 Å². The number of halogens is 1. The molecule has 1 unspecified atom stereocenters. The quantitative estimate of drug-likeness (QED) is 0.762. The third kappa shape index (κ3) is 2.31. The van der Waals surface area contributed by atoms with E-state index in [0.717, 1.165) is 23.4 Å². The van der Waals surface area contributed by atoms with Crippen LogP contribution in [-0.4, -0.2) is 23.7 Å². The maximum Gasteiger partial charge on any atom is 0.251 e. The number of hydrazine groups is 1. The Balaban J connectivity index is 1.14. The summed E-state index contributed by atoms with van der Waals surface area (Å²) < 4.78 is 5.97. The summed E-state index contributed by atoms with van der Waals surface area (Å²) in [6.45, 7) is 0.777. The Hall–Kier alpha value is -1.63. The predicted octanol–water partition coefficient (Wildman–Crippen LogP) is 2.60. The topological polar surface area (TPSA) is 80.5 Å². The minimum atomic E-state index is -0.586. The van der Waals surface area contributed by atoms with Crippen LogP contribution in [0.1, 0.15) is 42.5 Å². The van der Waals surface area contributed by atoms with Gasteiger partial charge in [-0.15, -0.1) is 0 Å². The molecule has 3 fully saturated rings. The van der Waals surface area contributed by atoms with E-state index < -0.39 is 5.91 Å². The fraction of sp³-hybridized carbons (Fsp3) is 0.556. The number of rotatable bonds is 6. The molecule has 132 valence electrons. The molecule has 25 heavy (non-hydrogen) atoms. The third-order valence-corrected chi connectivity index (χ3v) is 6.83. The first-order valence-corrected chi connectivity index (χ1v) is 9.25. The van der Waals surface area contributed by atoms with Crippen LogP contribution < -0.4 is 16.2 Å².